The number of fused-ring (bicyclic) bond motifs is 1. The molecule has 4 aromatic rings. The lowest BCUT2D eigenvalue weighted by Crippen LogP contribution is -1.98. The molecule has 0 aliphatic carbocycles. The first-order valence-electron chi connectivity index (χ1n) is 8.53. The van der Waals surface area contributed by atoms with Crippen molar-refractivity contribution in [2.75, 3.05) is 20.0 Å². The zero-order chi connectivity index (χ0) is 19.0. The standard InChI is InChI=1S/C21H20N4O2/c1-13-4-6-14(7-5-13)16-11-25-12-17(24-21(25)20(22)23-16)15-8-9-18(26-2)19(10-15)27-3/h4-12H,1-3H3,(H2,22,23). The van der Waals surface area contributed by atoms with E-state index in [1.807, 2.05) is 47.1 Å². The van der Waals surface area contributed by atoms with Crippen molar-refractivity contribution in [1.29, 1.82) is 0 Å². The van der Waals surface area contributed by atoms with Crippen LogP contribution in [0.25, 0.3) is 28.2 Å². The van der Waals surface area contributed by atoms with Gasteiger partial charge in [0, 0.05) is 23.5 Å². The van der Waals surface area contributed by atoms with Crippen molar-refractivity contribution in [3.8, 4) is 34.0 Å². The number of aryl methyl sites for hydroxylation is 1. The Bertz CT molecular complexity index is 1120. The normalized spacial score (nSPS) is 10.9. The predicted octanol–water partition coefficient (Wildman–Crippen LogP) is 3.97. The van der Waals surface area contributed by atoms with Crippen LogP contribution in [0.5, 0.6) is 11.5 Å². The summed E-state index contributed by atoms with van der Waals surface area (Å²) in [6, 6.07) is 13.9. The van der Waals surface area contributed by atoms with Crippen molar-refractivity contribution in [2.24, 2.45) is 0 Å². The first kappa shape index (κ1) is 16.9. The fourth-order valence-electron chi connectivity index (χ4n) is 3.02. The van der Waals surface area contributed by atoms with E-state index in [4.69, 9.17) is 15.2 Å². The van der Waals surface area contributed by atoms with Gasteiger partial charge in [-0.15, -0.1) is 0 Å². The van der Waals surface area contributed by atoms with Crippen LogP contribution in [0.3, 0.4) is 0 Å². The molecule has 2 aromatic heterocycles. The third kappa shape index (κ3) is 3.06. The number of nitrogen functional groups attached to an aromatic ring is 1. The summed E-state index contributed by atoms with van der Waals surface area (Å²) in [7, 11) is 3.22. The van der Waals surface area contributed by atoms with Crippen molar-refractivity contribution in [1.82, 2.24) is 14.4 Å². The molecule has 0 atom stereocenters. The molecular formula is C21H20N4O2. The predicted molar refractivity (Wildman–Crippen MR) is 106 cm³/mol. The van der Waals surface area contributed by atoms with Crippen LogP contribution in [0.4, 0.5) is 5.82 Å². The van der Waals surface area contributed by atoms with E-state index in [0.717, 1.165) is 22.5 Å². The molecule has 0 amide bonds. The number of methoxy groups -OCH3 is 2. The summed E-state index contributed by atoms with van der Waals surface area (Å²) in [5, 5.41) is 0. The van der Waals surface area contributed by atoms with Crippen LogP contribution in [0.1, 0.15) is 5.56 Å². The highest BCUT2D eigenvalue weighted by atomic mass is 16.5. The molecule has 0 spiro atoms. The lowest BCUT2D eigenvalue weighted by Gasteiger charge is -2.08. The van der Waals surface area contributed by atoms with Gasteiger partial charge in [-0.3, -0.25) is 0 Å². The fraction of sp³-hybridized carbons (Fsp3) is 0.143. The Balaban J connectivity index is 1.80. The molecule has 0 saturated heterocycles. The molecule has 6 nitrogen and oxygen atoms in total. The van der Waals surface area contributed by atoms with Crippen LogP contribution in [0, 0.1) is 6.92 Å². The molecule has 0 radical (unpaired) electrons. The SMILES string of the molecule is COc1ccc(-c2cn3cc(-c4ccc(C)cc4)nc(N)c3n2)cc1OC. The van der Waals surface area contributed by atoms with E-state index in [0.29, 0.717) is 23.0 Å². The van der Waals surface area contributed by atoms with Crippen molar-refractivity contribution in [3.63, 3.8) is 0 Å². The van der Waals surface area contributed by atoms with E-state index in [-0.39, 0.29) is 0 Å². The zero-order valence-electron chi connectivity index (χ0n) is 15.4. The number of anilines is 1. The average Bonchev–Trinajstić information content (AvgIpc) is 3.13. The Hall–Kier alpha value is -3.54. The number of benzene rings is 2. The monoisotopic (exact) mass is 360 g/mol. The summed E-state index contributed by atoms with van der Waals surface area (Å²) in [4.78, 5) is 9.16. The molecule has 0 aliphatic rings. The minimum absolute atomic E-state index is 0.389. The Morgan fingerprint density at radius 3 is 2.11 bits per heavy atom. The van der Waals surface area contributed by atoms with Crippen molar-refractivity contribution in [2.45, 2.75) is 6.92 Å². The summed E-state index contributed by atoms with van der Waals surface area (Å²) in [6.07, 6.45) is 3.87. The largest absolute Gasteiger partial charge is 0.493 e. The first-order chi connectivity index (χ1) is 13.1. The van der Waals surface area contributed by atoms with Crippen LogP contribution in [0.15, 0.2) is 54.9 Å². The Kier molecular flexibility index (Phi) is 4.16. The lowest BCUT2D eigenvalue weighted by atomic mass is 10.1. The number of nitrogens with two attached hydrogens (primary N) is 1. The fourth-order valence-corrected chi connectivity index (χ4v) is 3.02. The maximum atomic E-state index is 6.18. The van der Waals surface area contributed by atoms with Crippen LogP contribution < -0.4 is 15.2 Å². The van der Waals surface area contributed by atoms with Crippen LogP contribution in [-0.2, 0) is 0 Å². The van der Waals surface area contributed by atoms with E-state index in [1.54, 1.807) is 14.2 Å². The number of hydrogen-bond donors (Lipinski definition) is 1. The second-order valence-corrected chi connectivity index (χ2v) is 6.30. The van der Waals surface area contributed by atoms with Gasteiger partial charge in [0.05, 0.1) is 25.6 Å². The minimum Gasteiger partial charge on any atom is -0.493 e. The molecule has 0 unspecified atom stereocenters. The number of nitrogens with zero attached hydrogens (tertiary/aromatic N) is 3. The molecular weight excluding hydrogens is 340 g/mol. The third-order valence-electron chi connectivity index (χ3n) is 4.49. The van der Waals surface area contributed by atoms with E-state index < -0.39 is 0 Å². The summed E-state index contributed by atoms with van der Waals surface area (Å²) < 4.78 is 12.6. The molecule has 0 saturated carbocycles. The molecule has 136 valence electrons. The van der Waals surface area contributed by atoms with Gasteiger partial charge in [-0.25, -0.2) is 9.97 Å². The maximum Gasteiger partial charge on any atom is 0.180 e. The van der Waals surface area contributed by atoms with E-state index in [2.05, 4.69) is 29.0 Å². The van der Waals surface area contributed by atoms with E-state index in [1.165, 1.54) is 5.56 Å². The van der Waals surface area contributed by atoms with Gasteiger partial charge in [-0.2, -0.15) is 0 Å². The highest BCUT2D eigenvalue weighted by Gasteiger charge is 2.13. The summed E-state index contributed by atoms with van der Waals surface area (Å²) in [6.45, 7) is 2.06. The van der Waals surface area contributed by atoms with Gasteiger partial charge in [0.25, 0.3) is 0 Å². The Labute approximate surface area is 157 Å². The maximum absolute atomic E-state index is 6.18. The first-order valence-corrected chi connectivity index (χ1v) is 8.53. The van der Waals surface area contributed by atoms with Crippen LogP contribution in [-0.4, -0.2) is 28.6 Å². The molecule has 2 N–H and O–H groups in total. The highest BCUT2D eigenvalue weighted by Crippen LogP contribution is 2.32. The Morgan fingerprint density at radius 2 is 1.44 bits per heavy atom. The van der Waals surface area contributed by atoms with E-state index >= 15 is 0 Å². The second-order valence-electron chi connectivity index (χ2n) is 6.30. The molecule has 4 rings (SSSR count). The van der Waals surface area contributed by atoms with E-state index in [9.17, 15) is 0 Å². The van der Waals surface area contributed by atoms with Crippen LogP contribution in [0.2, 0.25) is 0 Å². The molecule has 2 aromatic carbocycles. The molecule has 0 bridgehead atoms. The quantitative estimate of drug-likeness (QED) is 0.596. The van der Waals surface area contributed by atoms with Gasteiger partial charge < -0.3 is 19.6 Å². The van der Waals surface area contributed by atoms with Gasteiger partial charge in [0.2, 0.25) is 0 Å². The molecule has 0 fully saturated rings. The minimum atomic E-state index is 0.389. The van der Waals surface area contributed by atoms with Gasteiger partial charge in [0.15, 0.2) is 23.0 Å². The average molecular weight is 360 g/mol. The third-order valence-corrected chi connectivity index (χ3v) is 4.49. The number of ether oxygens (including phenoxy) is 2. The van der Waals surface area contributed by atoms with Gasteiger partial charge in [-0.05, 0) is 25.1 Å². The molecule has 2 heterocycles. The smallest absolute Gasteiger partial charge is 0.180 e. The number of imidazole rings is 1. The van der Waals surface area contributed by atoms with Crippen molar-refractivity contribution >= 4 is 11.5 Å². The van der Waals surface area contributed by atoms with Gasteiger partial charge >= 0.3 is 0 Å². The van der Waals surface area contributed by atoms with Crippen molar-refractivity contribution < 1.29 is 9.47 Å². The zero-order valence-corrected chi connectivity index (χ0v) is 15.4. The molecule has 6 heteroatoms. The molecule has 27 heavy (non-hydrogen) atoms. The lowest BCUT2D eigenvalue weighted by molar-refractivity contribution is 0.355. The summed E-state index contributed by atoms with van der Waals surface area (Å²) in [5.74, 6) is 1.71. The van der Waals surface area contributed by atoms with Gasteiger partial charge in [0.1, 0.15) is 0 Å². The topological polar surface area (TPSA) is 74.7 Å². The van der Waals surface area contributed by atoms with Crippen molar-refractivity contribution in [3.05, 3.63) is 60.4 Å². The number of hydrogen-bond acceptors (Lipinski definition) is 5. The molecule has 0 aliphatic heterocycles. The summed E-state index contributed by atoms with van der Waals surface area (Å²) >= 11 is 0. The highest BCUT2D eigenvalue weighted by molar-refractivity contribution is 5.73. The van der Waals surface area contributed by atoms with Gasteiger partial charge in [-0.1, -0.05) is 29.8 Å². The van der Waals surface area contributed by atoms with Crippen LogP contribution >= 0.6 is 0 Å². The number of aromatic nitrogens is 3. The second kappa shape index (κ2) is 6.64. The Morgan fingerprint density at radius 1 is 0.815 bits per heavy atom. The summed E-state index contributed by atoms with van der Waals surface area (Å²) in [5.41, 5.74) is 11.5. The number of rotatable bonds is 4.